The van der Waals surface area contributed by atoms with Crippen LogP contribution in [0.1, 0.15) is 27.7 Å². The molecule has 0 spiro atoms. The molecule has 0 radical (unpaired) electrons. The molecule has 102 valence electrons. The van der Waals surface area contributed by atoms with Crippen LogP contribution in [0.5, 0.6) is 0 Å². The number of rotatable bonds is 4. The summed E-state index contributed by atoms with van der Waals surface area (Å²) in [7, 11) is 0. The van der Waals surface area contributed by atoms with Gasteiger partial charge in [0.05, 0.1) is 0 Å². The first-order valence-electron chi connectivity index (χ1n) is 4.53. The van der Waals surface area contributed by atoms with Crippen LogP contribution >= 0.6 is 0 Å². The molecule has 8 heteroatoms. The molecule has 0 fully saturated rings. The molecule has 0 aliphatic rings. The highest BCUT2D eigenvalue weighted by molar-refractivity contribution is 5.91. The van der Waals surface area contributed by atoms with Crippen LogP contribution in [0.25, 0.3) is 0 Å². The second kappa shape index (κ2) is 4.16. The summed E-state index contributed by atoms with van der Waals surface area (Å²) in [6, 6.07) is 0. The van der Waals surface area contributed by atoms with E-state index in [0.29, 0.717) is 13.8 Å². The van der Waals surface area contributed by atoms with Crippen LogP contribution in [-0.4, -0.2) is 34.4 Å². The summed E-state index contributed by atoms with van der Waals surface area (Å²) >= 11 is 0. The minimum absolute atomic E-state index is 0.592. The van der Waals surface area contributed by atoms with Crippen LogP contribution in [0, 0.1) is 0 Å². The lowest BCUT2D eigenvalue weighted by Gasteiger charge is -2.37. The highest BCUT2D eigenvalue weighted by Crippen LogP contribution is 2.39. The predicted octanol–water partition coefficient (Wildman–Crippen LogP) is 2.28. The summed E-state index contributed by atoms with van der Waals surface area (Å²) in [5, 5.41) is 9.15. The third kappa shape index (κ3) is 3.88. The third-order valence-corrected chi connectivity index (χ3v) is 1.80. The third-order valence-electron chi connectivity index (χ3n) is 1.80. The van der Waals surface area contributed by atoms with Gasteiger partial charge in [-0.3, -0.25) is 4.79 Å². The number of carbonyl (C=O) groups is 1. The number of Topliss-reactive ketones (excluding diaryl/α,β-unsaturated/α-hetero) is 1. The van der Waals surface area contributed by atoms with Gasteiger partial charge in [0.15, 0.2) is 5.79 Å². The molecule has 0 aromatic rings. The Morgan fingerprint density at radius 2 is 1.35 bits per heavy atom. The molecule has 0 aliphatic carbocycles. The van der Waals surface area contributed by atoms with Crippen LogP contribution in [0.4, 0.5) is 22.0 Å². The van der Waals surface area contributed by atoms with Crippen molar-refractivity contribution in [3.8, 4) is 0 Å². The van der Waals surface area contributed by atoms with Crippen molar-refractivity contribution < 1.29 is 36.6 Å². The predicted molar refractivity (Wildman–Crippen MR) is 47.5 cm³/mol. The Bertz CT molecular complexity index is 301. The molecule has 0 heterocycles. The molecule has 0 aromatic carbocycles. The number of ketones is 1. The Morgan fingerprint density at radius 3 is 1.59 bits per heavy atom. The van der Waals surface area contributed by atoms with Crippen LogP contribution in [0.3, 0.4) is 0 Å². The number of aliphatic hydroxyl groups is 1. The van der Waals surface area contributed by atoms with Crippen molar-refractivity contribution in [1.82, 2.24) is 0 Å². The average molecular weight is 264 g/mol. The molecule has 0 aliphatic heterocycles. The molecular formula is C9H13F5O3. The van der Waals surface area contributed by atoms with Gasteiger partial charge in [-0.15, -0.1) is 0 Å². The quantitative estimate of drug-likeness (QED) is 0.626. The fourth-order valence-electron chi connectivity index (χ4n) is 1.14. The molecule has 0 amide bonds. The Kier molecular flexibility index (Phi) is 3.98. The number of ether oxygens (including phenoxy) is 1. The van der Waals surface area contributed by atoms with Gasteiger partial charge in [-0.1, -0.05) is 0 Å². The number of alkyl halides is 5. The van der Waals surface area contributed by atoms with Gasteiger partial charge in [-0.2, -0.15) is 22.0 Å². The summed E-state index contributed by atoms with van der Waals surface area (Å²) in [4.78, 5) is 10.6. The fraction of sp³-hybridized carbons (Fsp3) is 0.889. The van der Waals surface area contributed by atoms with E-state index < -0.39 is 29.3 Å². The first kappa shape index (κ1) is 16.2. The second-order valence-electron chi connectivity index (χ2n) is 4.46. The number of hydrogen-bond donors (Lipinski definition) is 1. The van der Waals surface area contributed by atoms with Gasteiger partial charge in [0.2, 0.25) is 0 Å². The van der Waals surface area contributed by atoms with E-state index >= 15 is 0 Å². The van der Waals surface area contributed by atoms with Crippen molar-refractivity contribution >= 4 is 5.78 Å². The van der Waals surface area contributed by atoms with Crippen LogP contribution in [-0.2, 0) is 9.53 Å². The number of carbonyl (C=O) groups excluding carboxylic acids is 1. The van der Waals surface area contributed by atoms with Crippen molar-refractivity contribution in [2.45, 2.75) is 51.2 Å². The molecule has 0 atom stereocenters. The first-order chi connectivity index (χ1) is 7.11. The number of hydrogen-bond acceptors (Lipinski definition) is 3. The van der Waals surface area contributed by atoms with Crippen molar-refractivity contribution in [3.05, 3.63) is 0 Å². The largest absolute Gasteiger partial charge is 0.456 e. The average Bonchev–Trinajstić information content (AvgIpc) is 1.95. The normalized spacial score (nSPS) is 14.9. The van der Waals surface area contributed by atoms with E-state index in [-0.39, 0.29) is 0 Å². The lowest BCUT2D eigenvalue weighted by Crippen LogP contribution is -2.57. The maximum Gasteiger partial charge on any atom is 0.456 e. The lowest BCUT2D eigenvalue weighted by molar-refractivity contribution is -0.295. The Labute approximate surface area is 94.6 Å². The van der Waals surface area contributed by atoms with Gasteiger partial charge in [0.25, 0.3) is 0 Å². The van der Waals surface area contributed by atoms with Gasteiger partial charge in [-0.25, -0.2) is 0 Å². The summed E-state index contributed by atoms with van der Waals surface area (Å²) in [6.07, 6.45) is -5.68. The fourth-order valence-corrected chi connectivity index (χ4v) is 1.14. The molecule has 0 saturated carbocycles. The van der Waals surface area contributed by atoms with E-state index in [2.05, 4.69) is 4.74 Å². The monoisotopic (exact) mass is 264 g/mol. The Morgan fingerprint density at radius 1 is 1.00 bits per heavy atom. The summed E-state index contributed by atoms with van der Waals surface area (Å²) < 4.78 is 66.9. The van der Waals surface area contributed by atoms with Gasteiger partial charge < -0.3 is 9.84 Å². The zero-order valence-corrected chi connectivity index (χ0v) is 9.65. The Balaban J connectivity index is 5.24. The topological polar surface area (TPSA) is 46.5 Å². The van der Waals surface area contributed by atoms with Crippen molar-refractivity contribution in [2.24, 2.45) is 0 Å². The minimum atomic E-state index is -5.68. The molecule has 0 rings (SSSR count). The molecular weight excluding hydrogens is 251 g/mol. The van der Waals surface area contributed by atoms with E-state index in [1.54, 1.807) is 0 Å². The van der Waals surface area contributed by atoms with Crippen molar-refractivity contribution in [1.29, 1.82) is 0 Å². The summed E-state index contributed by atoms with van der Waals surface area (Å²) in [5.74, 6) is -10.1. The van der Waals surface area contributed by atoms with Crippen LogP contribution in [0.15, 0.2) is 0 Å². The van der Waals surface area contributed by atoms with E-state index in [4.69, 9.17) is 5.11 Å². The zero-order valence-electron chi connectivity index (χ0n) is 9.65. The van der Waals surface area contributed by atoms with Crippen molar-refractivity contribution in [2.75, 3.05) is 0 Å². The lowest BCUT2D eigenvalue weighted by atomic mass is 9.95. The maximum absolute atomic E-state index is 13.3. The smallest absolute Gasteiger partial charge is 0.366 e. The SMILES string of the molecule is CC(C)(O)OC(C)(C)C(F)(F)C(=O)C(F)(F)F. The minimum Gasteiger partial charge on any atom is -0.366 e. The molecule has 3 nitrogen and oxygen atoms in total. The summed E-state index contributed by atoms with van der Waals surface area (Å²) in [6.45, 7) is 3.11. The molecule has 0 unspecified atom stereocenters. The molecule has 0 saturated heterocycles. The van der Waals surface area contributed by atoms with E-state index in [1.165, 1.54) is 0 Å². The molecule has 0 bridgehead atoms. The summed E-state index contributed by atoms with van der Waals surface area (Å²) in [5.41, 5.74) is -2.79. The standard InChI is InChI=1S/C9H13F5O3/c1-6(2,17-7(3,4)16)8(10,11)5(15)9(12,13)14/h16H,1-4H3. The van der Waals surface area contributed by atoms with E-state index in [1.807, 2.05) is 0 Å². The highest BCUT2D eigenvalue weighted by atomic mass is 19.4. The first-order valence-corrected chi connectivity index (χ1v) is 4.53. The van der Waals surface area contributed by atoms with Gasteiger partial charge >= 0.3 is 17.9 Å². The molecule has 0 aromatic heterocycles. The molecule has 1 N–H and O–H groups in total. The van der Waals surface area contributed by atoms with Crippen LogP contribution in [0.2, 0.25) is 0 Å². The van der Waals surface area contributed by atoms with Gasteiger partial charge in [-0.05, 0) is 27.7 Å². The highest BCUT2D eigenvalue weighted by Gasteiger charge is 2.64. The van der Waals surface area contributed by atoms with E-state index in [0.717, 1.165) is 13.8 Å². The zero-order chi connectivity index (χ0) is 14.3. The van der Waals surface area contributed by atoms with Gasteiger partial charge in [0.1, 0.15) is 5.60 Å². The van der Waals surface area contributed by atoms with Crippen LogP contribution < -0.4 is 0 Å². The number of halogens is 5. The molecule has 17 heavy (non-hydrogen) atoms. The van der Waals surface area contributed by atoms with Gasteiger partial charge in [0, 0.05) is 0 Å². The maximum atomic E-state index is 13.3. The van der Waals surface area contributed by atoms with Crippen molar-refractivity contribution in [3.63, 3.8) is 0 Å². The second-order valence-corrected chi connectivity index (χ2v) is 4.46. The Hall–Kier alpha value is -0.760. The van der Waals surface area contributed by atoms with E-state index in [9.17, 15) is 26.7 Å².